The first-order chi connectivity index (χ1) is 16.5. The predicted octanol–water partition coefficient (Wildman–Crippen LogP) is 5.30. The minimum Gasteiger partial charge on any atom is -0.385 e. The number of aromatic nitrogens is 2. The van der Waals surface area contributed by atoms with Crippen molar-refractivity contribution in [3.63, 3.8) is 0 Å². The highest BCUT2D eigenvalue weighted by Crippen LogP contribution is 2.43. The second kappa shape index (κ2) is 9.91. The Bertz CT molecular complexity index is 1290. The molecule has 2 heterocycles. The average molecular weight is 453 g/mol. The molecule has 3 aromatic rings. The fourth-order valence-corrected chi connectivity index (χ4v) is 4.33. The Kier molecular flexibility index (Phi) is 6.77. The van der Waals surface area contributed by atoms with Gasteiger partial charge in [0.1, 0.15) is 6.07 Å². The smallest absolute Gasteiger partial charge is 0.227 e. The highest BCUT2D eigenvalue weighted by atomic mass is 16.5. The molecule has 0 bridgehead atoms. The summed E-state index contributed by atoms with van der Waals surface area (Å²) in [6.07, 6.45) is 4.35. The van der Waals surface area contributed by atoms with Crippen molar-refractivity contribution >= 4 is 17.3 Å². The average Bonchev–Trinajstić information content (AvgIpc) is 3.21. The molecule has 4 rings (SSSR count). The monoisotopic (exact) mass is 452 g/mol. The van der Waals surface area contributed by atoms with Crippen molar-refractivity contribution < 1.29 is 4.74 Å². The number of methoxy groups -OCH3 is 1. The normalized spacial score (nSPS) is 16.3. The highest BCUT2D eigenvalue weighted by Gasteiger charge is 2.34. The van der Waals surface area contributed by atoms with Gasteiger partial charge in [0.05, 0.1) is 28.6 Å². The zero-order chi connectivity index (χ0) is 24.1. The lowest BCUT2D eigenvalue weighted by molar-refractivity contribution is 0.195. The highest BCUT2D eigenvalue weighted by molar-refractivity contribution is 5.76. The van der Waals surface area contributed by atoms with Crippen molar-refractivity contribution in [2.45, 2.75) is 38.5 Å². The van der Waals surface area contributed by atoms with Crippen molar-refractivity contribution in [3.8, 4) is 23.4 Å². The zero-order valence-corrected chi connectivity index (χ0v) is 19.8. The maximum Gasteiger partial charge on any atom is 0.227 e. The lowest BCUT2D eigenvalue weighted by atomic mass is 9.80. The molecule has 2 N–H and O–H groups in total. The Morgan fingerprint density at radius 2 is 2.03 bits per heavy atom. The molecule has 1 aromatic heterocycles. The van der Waals surface area contributed by atoms with Crippen molar-refractivity contribution in [1.82, 2.24) is 9.97 Å². The van der Waals surface area contributed by atoms with Gasteiger partial charge in [0, 0.05) is 43.1 Å². The maximum atomic E-state index is 9.76. The summed E-state index contributed by atoms with van der Waals surface area (Å²) in [5.74, 6) is 0.441. The van der Waals surface area contributed by atoms with Gasteiger partial charge in [-0.15, -0.1) is 0 Å². The molecule has 0 fully saturated rings. The molecule has 0 aliphatic carbocycles. The van der Waals surface area contributed by atoms with Crippen LogP contribution in [0, 0.1) is 22.7 Å². The van der Waals surface area contributed by atoms with Crippen molar-refractivity contribution in [1.29, 1.82) is 10.5 Å². The van der Waals surface area contributed by atoms with E-state index in [-0.39, 0.29) is 5.41 Å². The Hall–Kier alpha value is -3.94. The quantitative estimate of drug-likeness (QED) is 0.446. The lowest BCUT2D eigenvalue weighted by Gasteiger charge is -2.22. The van der Waals surface area contributed by atoms with Gasteiger partial charge in [0.15, 0.2) is 0 Å². The molecular formula is C27H28N6O. The summed E-state index contributed by atoms with van der Waals surface area (Å²) < 4.78 is 5.18. The number of anilines is 3. The van der Waals surface area contributed by atoms with Crippen molar-refractivity contribution in [3.05, 3.63) is 64.8 Å². The van der Waals surface area contributed by atoms with E-state index in [0.29, 0.717) is 23.7 Å². The number of nitrogens with one attached hydrogen (secondary N) is 2. The van der Waals surface area contributed by atoms with Gasteiger partial charge >= 0.3 is 0 Å². The Morgan fingerprint density at radius 1 is 1.18 bits per heavy atom. The first-order valence-electron chi connectivity index (χ1n) is 11.5. The Labute approximate surface area is 200 Å². The van der Waals surface area contributed by atoms with E-state index in [1.807, 2.05) is 30.3 Å². The first kappa shape index (κ1) is 23.2. The molecule has 1 aliphatic heterocycles. The Morgan fingerprint density at radius 3 is 2.76 bits per heavy atom. The zero-order valence-electron chi connectivity index (χ0n) is 19.8. The van der Waals surface area contributed by atoms with Crippen LogP contribution in [0.2, 0.25) is 0 Å². The molecule has 0 spiro atoms. The minimum atomic E-state index is -0.0279. The standard InChI is InChI=1S/C27H28N6O/c1-4-27(2)17-31-25-21(16-29)13-20(14-22(25)27)23-9-10-30-26(32-23)33-24-12-18(15-28)7-8-19(24)6-5-11-34-3/h7-10,12-14,31H,4-6,11,17H2,1-3H3,(H,30,32,33)/t27-/m0/s1. The van der Waals surface area contributed by atoms with Crippen LogP contribution in [0.1, 0.15) is 48.9 Å². The Balaban J connectivity index is 1.69. The molecule has 34 heavy (non-hydrogen) atoms. The van der Waals surface area contributed by atoms with Crippen molar-refractivity contribution in [2.24, 2.45) is 0 Å². The number of hydrogen-bond acceptors (Lipinski definition) is 7. The number of nitriles is 2. The van der Waals surface area contributed by atoms with Crippen LogP contribution in [-0.2, 0) is 16.6 Å². The number of benzene rings is 2. The van der Waals surface area contributed by atoms with E-state index < -0.39 is 0 Å². The number of ether oxygens (including phenoxy) is 1. The molecule has 7 nitrogen and oxygen atoms in total. The molecule has 172 valence electrons. The van der Waals surface area contributed by atoms with E-state index in [1.165, 1.54) is 0 Å². The van der Waals surface area contributed by atoms with E-state index >= 15 is 0 Å². The fraction of sp³-hybridized carbons (Fsp3) is 0.333. The third-order valence-electron chi connectivity index (χ3n) is 6.58. The number of rotatable bonds is 8. The van der Waals surface area contributed by atoms with Crippen LogP contribution in [0.5, 0.6) is 0 Å². The fourth-order valence-electron chi connectivity index (χ4n) is 4.33. The van der Waals surface area contributed by atoms with E-state index in [0.717, 1.165) is 59.6 Å². The van der Waals surface area contributed by atoms with Crippen LogP contribution in [0.4, 0.5) is 17.3 Å². The largest absolute Gasteiger partial charge is 0.385 e. The summed E-state index contributed by atoms with van der Waals surface area (Å²) in [4.78, 5) is 9.15. The summed E-state index contributed by atoms with van der Waals surface area (Å²) in [6.45, 7) is 5.87. The topological polar surface area (TPSA) is 107 Å². The van der Waals surface area contributed by atoms with E-state index in [1.54, 1.807) is 13.3 Å². The maximum absolute atomic E-state index is 9.76. The molecule has 7 heteroatoms. The van der Waals surface area contributed by atoms with Gasteiger partial charge in [-0.2, -0.15) is 10.5 Å². The van der Waals surface area contributed by atoms with Gasteiger partial charge < -0.3 is 15.4 Å². The van der Waals surface area contributed by atoms with Gasteiger partial charge in [0.2, 0.25) is 5.95 Å². The summed E-state index contributed by atoms with van der Waals surface area (Å²) in [6, 6.07) is 16.0. The van der Waals surface area contributed by atoms with Crippen LogP contribution in [-0.4, -0.2) is 30.2 Å². The molecule has 0 radical (unpaired) electrons. The molecule has 0 saturated heterocycles. The third kappa shape index (κ3) is 4.57. The SMILES string of the molecule is CC[C@@]1(C)CNc2c(C#N)cc(-c3ccnc(Nc4cc(C#N)ccc4CCCOC)n3)cc21. The molecule has 0 saturated carbocycles. The summed E-state index contributed by atoms with van der Waals surface area (Å²) in [7, 11) is 1.69. The molecule has 0 amide bonds. The van der Waals surface area contributed by atoms with Crippen LogP contribution < -0.4 is 10.6 Å². The number of fused-ring (bicyclic) bond motifs is 1. The van der Waals surface area contributed by atoms with Gasteiger partial charge in [-0.3, -0.25) is 0 Å². The number of hydrogen-bond donors (Lipinski definition) is 2. The predicted molar refractivity (Wildman–Crippen MR) is 133 cm³/mol. The first-order valence-corrected chi connectivity index (χ1v) is 11.5. The van der Waals surface area contributed by atoms with Crippen LogP contribution in [0.15, 0.2) is 42.6 Å². The van der Waals surface area contributed by atoms with E-state index in [4.69, 9.17) is 9.72 Å². The molecule has 0 unspecified atom stereocenters. The van der Waals surface area contributed by atoms with Crippen molar-refractivity contribution in [2.75, 3.05) is 30.9 Å². The summed E-state index contributed by atoms with van der Waals surface area (Å²) in [5.41, 5.74) is 6.74. The van der Waals surface area contributed by atoms with Gasteiger partial charge in [0.25, 0.3) is 0 Å². The third-order valence-corrected chi connectivity index (χ3v) is 6.58. The number of nitrogens with zero attached hydrogens (tertiary/aromatic N) is 4. The van der Waals surface area contributed by atoms with Crippen LogP contribution >= 0.6 is 0 Å². The van der Waals surface area contributed by atoms with E-state index in [9.17, 15) is 10.5 Å². The van der Waals surface area contributed by atoms with Crippen LogP contribution in [0.25, 0.3) is 11.3 Å². The molecular weight excluding hydrogens is 424 g/mol. The van der Waals surface area contributed by atoms with Crippen LogP contribution in [0.3, 0.4) is 0 Å². The lowest BCUT2D eigenvalue weighted by Crippen LogP contribution is -2.22. The van der Waals surface area contributed by atoms with Gasteiger partial charge in [-0.05, 0) is 60.7 Å². The second-order valence-corrected chi connectivity index (χ2v) is 8.80. The summed E-state index contributed by atoms with van der Waals surface area (Å²) >= 11 is 0. The van der Waals surface area contributed by atoms with Gasteiger partial charge in [-0.25, -0.2) is 9.97 Å². The molecule has 2 aromatic carbocycles. The second-order valence-electron chi connectivity index (χ2n) is 8.80. The van der Waals surface area contributed by atoms with Gasteiger partial charge in [-0.1, -0.05) is 19.9 Å². The molecule has 1 atom stereocenters. The summed E-state index contributed by atoms with van der Waals surface area (Å²) in [5, 5.41) is 25.8. The van der Waals surface area contributed by atoms with E-state index in [2.05, 4.69) is 47.7 Å². The minimum absolute atomic E-state index is 0.0279. The molecule has 1 aliphatic rings. The number of aryl methyl sites for hydroxylation is 1.